The van der Waals surface area contributed by atoms with Crippen LogP contribution in [0.15, 0.2) is 27.1 Å². The van der Waals surface area contributed by atoms with Gasteiger partial charge in [-0.15, -0.1) is 11.3 Å². The second kappa shape index (κ2) is 8.84. The SMILES string of the molecule is CCCCn1c(N)c(N(CC(C)C)C(=O)Cc2cccs2)c(=O)[nH]c1=O. The highest BCUT2D eigenvalue weighted by Gasteiger charge is 2.25. The van der Waals surface area contributed by atoms with Crippen molar-refractivity contribution in [2.24, 2.45) is 5.92 Å². The topological polar surface area (TPSA) is 101 Å². The number of aromatic nitrogens is 2. The van der Waals surface area contributed by atoms with Gasteiger partial charge in [0.2, 0.25) is 5.91 Å². The number of hydrogen-bond donors (Lipinski definition) is 2. The minimum atomic E-state index is -0.625. The van der Waals surface area contributed by atoms with E-state index >= 15 is 0 Å². The highest BCUT2D eigenvalue weighted by Crippen LogP contribution is 2.21. The van der Waals surface area contributed by atoms with Crippen LogP contribution in [0.2, 0.25) is 0 Å². The summed E-state index contributed by atoms with van der Waals surface area (Å²) in [4.78, 5) is 42.1. The van der Waals surface area contributed by atoms with E-state index in [0.717, 1.165) is 17.7 Å². The van der Waals surface area contributed by atoms with E-state index in [2.05, 4.69) is 4.98 Å². The first-order chi connectivity index (χ1) is 12.3. The van der Waals surface area contributed by atoms with Crippen molar-refractivity contribution < 1.29 is 4.79 Å². The van der Waals surface area contributed by atoms with Crippen molar-refractivity contribution in [3.05, 3.63) is 43.2 Å². The second-order valence-electron chi connectivity index (χ2n) is 6.65. The van der Waals surface area contributed by atoms with Gasteiger partial charge in [0.25, 0.3) is 5.56 Å². The van der Waals surface area contributed by atoms with Gasteiger partial charge >= 0.3 is 5.69 Å². The molecule has 2 aromatic heterocycles. The van der Waals surface area contributed by atoms with Crippen LogP contribution in [0.1, 0.15) is 38.5 Å². The number of nitrogen functional groups attached to an aromatic ring is 1. The molecule has 0 spiro atoms. The summed E-state index contributed by atoms with van der Waals surface area (Å²) in [5.74, 6) is -0.0245. The summed E-state index contributed by atoms with van der Waals surface area (Å²) in [6.45, 7) is 6.68. The van der Waals surface area contributed by atoms with E-state index in [4.69, 9.17) is 5.73 Å². The molecule has 0 saturated heterocycles. The quantitative estimate of drug-likeness (QED) is 0.735. The second-order valence-corrected chi connectivity index (χ2v) is 7.68. The highest BCUT2D eigenvalue weighted by molar-refractivity contribution is 7.10. The Hall–Kier alpha value is -2.35. The molecule has 0 aliphatic carbocycles. The fourth-order valence-electron chi connectivity index (χ4n) is 2.72. The standard InChI is InChI=1S/C18H26N4O3S/c1-4-5-8-21-16(19)15(17(24)20-18(21)25)22(11-12(2)3)14(23)10-13-7-6-9-26-13/h6-7,9,12H,4-5,8,10-11,19H2,1-3H3,(H,20,24,25). The van der Waals surface area contributed by atoms with E-state index in [1.54, 1.807) is 0 Å². The average Bonchev–Trinajstić information content (AvgIpc) is 3.06. The first-order valence-electron chi connectivity index (χ1n) is 8.80. The fraction of sp³-hybridized carbons (Fsp3) is 0.500. The van der Waals surface area contributed by atoms with Gasteiger partial charge in [0.15, 0.2) is 5.69 Å². The maximum atomic E-state index is 12.9. The number of H-pyrrole nitrogens is 1. The Morgan fingerprint density at radius 2 is 2.12 bits per heavy atom. The Balaban J connectivity index is 2.48. The molecule has 2 heterocycles. The molecule has 0 aliphatic heterocycles. The Morgan fingerprint density at radius 3 is 2.69 bits per heavy atom. The molecule has 0 saturated carbocycles. The van der Waals surface area contributed by atoms with Crippen molar-refractivity contribution in [1.82, 2.24) is 9.55 Å². The number of nitrogens with zero attached hydrogens (tertiary/aromatic N) is 2. The van der Waals surface area contributed by atoms with Gasteiger partial charge in [-0.3, -0.25) is 19.1 Å². The molecule has 8 heteroatoms. The Labute approximate surface area is 156 Å². The zero-order chi connectivity index (χ0) is 19.3. The normalized spacial score (nSPS) is 11.1. The maximum absolute atomic E-state index is 12.9. The number of amides is 1. The number of anilines is 2. The Morgan fingerprint density at radius 1 is 1.38 bits per heavy atom. The molecule has 0 aromatic carbocycles. The summed E-state index contributed by atoms with van der Waals surface area (Å²) in [6, 6.07) is 3.76. The number of rotatable bonds is 8. The number of carbonyl (C=O) groups excluding carboxylic acids is 1. The number of nitrogens with two attached hydrogens (primary N) is 1. The first kappa shape index (κ1) is 20.0. The van der Waals surface area contributed by atoms with E-state index in [1.165, 1.54) is 20.8 Å². The lowest BCUT2D eigenvalue weighted by molar-refractivity contribution is -0.118. The Kier molecular flexibility index (Phi) is 6.79. The lowest BCUT2D eigenvalue weighted by atomic mass is 10.1. The van der Waals surface area contributed by atoms with Gasteiger partial charge in [0.1, 0.15) is 5.82 Å². The minimum Gasteiger partial charge on any atom is -0.383 e. The number of aromatic amines is 1. The molecule has 1 amide bonds. The number of carbonyl (C=O) groups is 1. The molecular formula is C18H26N4O3S. The summed E-state index contributed by atoms with van der Waals surface area (Å²) in [6.07, 6.45) is 1.83. The van der Waals surface area contributed by atoms with Crippen LogP contribution in [-0.4, -0.2) is 22.0 Å². The maximum Gasteiger partial charge on any atom is 0.330 e. The lowest BCUT2D eigenvalue weighted by Gasteiger charge is -2.26. The first-order valence-corrected chi connectivity index (χ1v) is 9.68. The van der Waals surface area contributed by atoms with Gasteiger partial charge in [-0.1, -0.05) is 33.3 Å². The van der Waals surface area contributed by atoms with Gasteiger partial charge in [-0.25, -0.2) is 4.79 Å². The van der Waals surface area contributed by atoms with Crippen molar-refractivity contribution in [3.63, 3.8) is 0 Å². The number of nitrogens with one attached hydrogen (secondary N) is 1. The molecule has 0 aliphatic rings. The van der Waals surface area contributed by atoms with Crippen molar-refractivity contribution in [2.45, 2.75) is 46.6 Å². The van der Waals surface area contributed by atoms with Crippen molar-refractivity contribution in [2.75, 3.05) is 17.2 Å². The third-order valence-electron chi connectivity index (χ3n) is 3.97. The minimum absolute atomic E-state index is 0.0485. The molecule has 26 heavy (non-hydrogen) atoms. The van der Waals surface area contributed by atoms with Gasteiger partial charge < -0.3 is 10.6 Å². The van der Waals surface area contributed by atoms with E-state index in [-0.39, 0.29) is 29.8 Å². The molecule has 142 valence electrons. The van der Waals surface area contributed by atoms with Crippen LogP contribution in [0.25, 0.3) is 0 Å². The molecule has 3 N–H and O–H groups in total. The predicted octanol–water partition coefficient (Wildman–Crippen LogP) is 2.21. The summed E-state index contributed by atoms with van der Waals surface area (Å²) in [5.41, 5.74) is 5.06. The number of thiophene rings is 1. The number of unbranched alkanes of at least 4 members (excludes halogenated alkanes) is 1. The highest BCUT2D eigenvalue weighted by atomic mass is 32.1. The van der Waals surface area contributed by atoms with Gasteiger partial charge in [0, 0.05) is 18.0 Å². The average molecular weight is 378 g/mol. The van der Waals surface area contributed by atoms with Crippen LogP contribution >= 0.6 is 11.3 Å². The summed E-state index contributed by atoms with van der Waals surface area (Å²) in [5, 5.41) is 1.90. The fourth-order valence-corrected chi connectivity index (χ4v) is 3.41. The molecule has 0 unspecified atom stereocenters. The van der Waals surface area contributed by atoms with Crippen LogP contribution in [0.3, 0.4) is 0 Å². The molecule has 2 aromatic rings. The van der Waals surface area contributed by atoms with Crippen molar-refractivity contribution in [1.29, 1.82) is 0 Å². The van der Waals surface area contributed by atoms with Gasteiger partial charge in [-0.2, -0.15) is 0 Å². The third kappa shape index (κ3) is 4.63. The molecular weight excluding hydrogens is 352 g/mol. The summed E-state index contributed by atoms with van der Waals surface area (Å²) in [7, 11) is 0. The predicted molar refractivity (Wildman–Crippen MR) is 106 cm³/mol. The molecule has 0 bridgehead atoms. The Bertz CT molecular complexity index is 852. The van der Waals surface area contributed by atoms with Crippen molar-refractivity contribution in [3.8, 4) is 0 Å². The zero-order valence-electron chi connectivity index (χ0n) is 15.4. The monoisotopic (exact) mass is 378 g/mol. The number of hydrogen-bond acceptors (Lipinski definition) is 5. The smallest absolute Gasteiger partial charge is 0.330 e. The molecule has 0 radical (unpaired) electrons. The third-order valence-corrected chi connectivity index (χ3v) is 4.85. The van der Waals surface area contributed by atoms with Crippen molar-refractivity contribution >= 4 is 28.7 Å². The lowest BCUT2D eigenvalue weighted by Crippen LogP contribution is -2.43. The summed E-state index contributed by atoms with van der Waals surface area (Å²) < 4.78 is 1.34. The largest absolute Gasteiger partial charge is 0.383 e. The van der Waals surface area contributed by atoms with E-state index < -0.39 is 11.2 Å². The van der Waals surface area contributed by atoms with Crippen LogP contribution < -0.4 is 21.9 Å². The molecule has 7 nitrogen and oxygen atoms in total. The molecule has 0 fully saturated rings. The molecule has 0 atom stereocenters. The van der Waals surface area contributed by atoms with Crippen LogP contribution in [0.4, 0.5) is 11.5 Å². The van der Waals surface area contributed by atoms with E-state index in [9.17, 15) is 14.4 Å². The van der Waals surface area contributed by atoms with E-state index in [1.807, 2.05) is 38.3 Å². The molecule has 2 rings (SSSR count). The van der Waals surface area contributed by atoms with Gasteiger partial charge in [0.05, 0.1) is 6.42 Å². The van der Waals surface area contributed by atoms with Crippen LogP contribution in [0.5, 0.6) is 0 Å². The van der Waals surface area contributed by atoms with Crippen LogP contribution in [0, 0.1) is 5.92 Å². The van der Waals surface area contributed by atoms with Gasteiger partial charge in [-0.05, 0) is 23.8 Å². The summed E-state index contributed by atoms with van der Waals surface area (Å²) >= 11 is 1.49. The zero-order valence-corrected chi connectivity index (χ0v) is 16.3. The van der Waals surface area contributed by atoms with E-state index in [0.29, 0.717) is 13.1 Å². The van der Waals surface area contributed by atoms with Crippen LogP contribution in [-0.2, 0) is 17.8 Å².